The Labute approximate surface area is 192 Å². The predicted octanol–water partition coefficient (Wildman–Crippen LogP) is 1.32. The monoisotopic (exact) mass is 450 g/mol. The van der Waals surface area contributed by atoms with E-state index in [9.17, 15) is 9.59 Å². The van der Waals surface area contributed by atoms with Crippen LogP contribution in [0.15, 0.2) is 65.8 Å². The van der Waals surface area contributed by atoms with Gasteiger partial charge in [-0.1, -0.05) is 48.5 Å². The van der Waals surface area contributed by atoms with E-state index in [0.717, 1.165) is 22.0 Å². The second-order valence-electron chi connectivity index (χ2n) is 7.77. The van der Waals surface area contributed by atoms with Crippen LogP contribution in [0.4, 0.5) is 0 Å². The van der Waals surface area contributed by atoms with Crippen LogP contribution >= 0.6 is 0 Å². The van der Waals surface area contributed by atoms with E-state index in [0.29, 0.717) is 25.8 Å². The number of carbonyl (C=O) groups is 2. The van der Waals surface area contributed by atoms with Crippen molar-refractivity contribution in [2.45, 2.75) is 38.0 Å². The normalized spacial score (nSPS) is 12.6. The summed E-state index contributed by atoms with van der Waals surface area (Å²) in [5.74, 6) is -0.983. The van der Waals surface area contributed by atoms with Crippen molar-refractivity contribution in [3.63, 3.8) is 0 Å². The number of H-pyrrole nitrogens is 1. The van der Waals surface area contributed by atoms with Crippen LogP contribution < -0.4 is 22.5 Å². The van der Waals surface area contributed by atoms with E-state index in [1.54, 1.807) is 0 Å². The number of esters is 1. The van der Waals surface area contributed by atoms with Crippen LogP contribution in [-0.2, 0) is 27.4 Å². The minimum absolute atomic E-state index is 0.0250. The quantitative estimate of drug-likeness (QED) is 0.128. The Kier molecular flexibility index (Phi) is 8.43. The second kappa shape index (κ2) is 11.7. The number of amides is 1. The highest BCUT2D eigenvalue weighted by Crippen LogP contribution is 2.19. The first-order chi connectivity index (χ1) is 15.9. The minimum Gasteiger partial charge on any atom is -0.459 e. The van der Waals surface area contributed by atoms with E-state index in [1.165, 1.54) is 0 Å². The standard InChI is InChI=1S/C24H30N6O3/c25-19(13-17-14-29-20-10-5-4-9-18(17)20)22(31)30-21(11-6-12-28-24(26)27)23(32)33-15-16-7-2-1-3-8-16/h1-5,7-10,14,19,21,29H,6,11-13,15,25H2,(H,30,31)(H4,26,27,28). The number of nitrogens with zero attached hydrogens (tertiary/aromatic N) is 1. The van der Waals surface area contributed by atoms with Gasteiger partial charge in [0.2, 0.25) is 5.91 Å². The molecule has 1 heterocycles. The smallest absolute Gasteiger partial charge is 0.328 e. The molecular weight excluding hydrogens is 420 g/mol. The number of benzene rings is 2. The van der Waals surface area contributed by atoms with Crippen LogP contribution in [-0.4, -0.2) is 41.4 Å². The summed E-state index contributed by atoms with van der Waals surface area (Å²) >= 11 is 0. The fourth-order valence-electron chi connectivity index (χ4n) is 3.49. The summed E-state index contributed by atoms with van der Waals surface area (Å²) in [5, 5.41) is 3.75. The van der Waals surface area contributed by atoms with Gasteiger partial charge in [-0.3, -0.25) is 9.79 Å². The Morgan fingerprint density at radius 1 is 1.06 bits per heavy atom. The molecule has 0 aliphatic rings. The Morgan fingerprint density at radius 2 is 1.79 bits per heavy atom. The van der Waals surface area contributed by atoms with E-state index in [-0.39, 0.29) is 12.6 Å². The average Bonchev–Trinajstić information content (AvgIpc) is 3.22. The van der Waals surface area contributed by atoms with Crippen molar-refractivity contribution in [3.05, 3.63) is 71.9 Å². The van der Waals surface area contributed by atoms with Crippen molar-refractivity contribution in [1.82, 2.24) is 10.3 Å². The lowest BCUT2D eigenvalue weighted by Crippen LogP contribution is -2.49. The number of aromatic nitrogens is 1. The van der Waals surface area contributed by atoms with E-state index in [1.807, 2.05) is 60.8 Å². The number of nitrogens with two attached hydrogens (primary N) is 3. The third-order valence-electron chi connectivity index (χ3n) is 5.22. The molecule has 0 spiro atoms. The fourth-order valence-corrected chi connectivity index (χ4v) is 3.49. The number of para-hydroxylation sites is 1. The number of fused-ring (bicyclic) bond motifs is 1. The molecule has 2 unspecified atom stereocenters. The van der Waals surface area contributed by atoms with Crippen LogP contribution in [0.2, 0.25) is 0 Å². The highest BCUT2D eigenvalue weighted by molar-refractivity contribution is 5.89. The Morgan fingerprint density at radius 3 is 2.55 bits per heavy atom. The van der Waals surface area contributed by atoms with Gasteiger partial charge in [0.1, 0.15) is 12.6 Å². The van der Waals surface area contributed by atoms with Crippen molar-refractivity contribution in [2.24, 2.45) is 22.2 Å². The summed E-state index contributed by atoms with van der Waals surface area (Å²) in [6, 6.07) is 15.4. The number of ether oxygens (including phenoxy) is 1. The summed E-state index contributed by atoms with van der Waals surface area (Å²) < 4.78 is 5.43. The molecule has 1 aromatic heterocycles. The molecule has 1 amide bonds. The molecule has 3 aromatic rings. The molecule has 0 saturated carbocycles. The van der Waals surface area contributed by atoms with Gasteiger partial charge in [0.15, 0.2) is 5.96 Å². The van der Waals surface area contributed by atoms with E-state index in [2.05, 4.69) is 15.3 Å². The molecule has 9 nitrogen and oxygen atoms in total. The molecule has 0 bridgehead atoms. The number of nitrogens with one attached hydrogen (secondary N) is 2. The van der Waals surface area contributed by atoms with E-state index in [4.69, 9.17) is 21.9 Å². The first-order valence-corrected chi connectivity index (χ1v) is 10.8. The number of hydrogen-bond donors (Lipinski definition) is 5. The molecular formula is C24H30N6O3. The van der Waals surface area contributed by atoms with Crippen molar-refractivity contribution >= 4 is 28.7 Å². The predicted molar refractivity (Wildman–Crippen MR) is 128 cm³/mol. The van der Waals surface area contributed by atoms with Gasteiger partial charge in [0, 0.05) is 23.6 Å². The maximum absolute atomic E-state index is 12.8. The lowest BCUT2D eigenvalue weighted by molar-refractivity contribution is -0.149. The first-order valence-electron chi connectivity index (χ1n) is 10.8. The zero-order chi connectivity index (χ0) is 23.6. The van der Waals surface area contributed by atoms with Crippen LogP contribution in [0.3, 0.4) is 0 Å². The van der Waals surface area contributed by atoms with Crippen LogP contribution in [0.5, 0.6) is 0 Å². The molecule has 0 aliphatic carbocycles. The summed E-state index contributed by atoms with van der Waals surface area (Å²) in [7, 11) is 0. The Balaban J connectivity index is 1.61. The van der Waals surface area contributed by atoms with Crippen molar-refractivity contribution in [1.29, 1.82) is 0 Å². The molecule has 33 heavy (non-hydrogen) atoms. The van der Waals surface area contributed by atoms with Crippen LogP contribution in [0.25, 0.3) is 10.9 Å². The minimum atomic E-state index is -0.857. The average molecular weight is 451 g/mol. The number of aliphatic imine (C=N–C) groups is 1. The molecule has 3 rings (SSSR count). The zero-order valence-electron chi connectivity index (χ0n) is 18.4. The Bertz CT molecular complexity index is 1090. The lowest BCUT2D eigenvalue weighted by Gasteiger charge is -2.20. The van der Waals surface area contributed by atoms with Gasteiger partial charge in [-0.15, -0.1) is 0 Å². The number of rotatable bonds is 11. The number of hydrogen-bond acceptors (Lipinski definition) is 5. The highest BCUT2D eigenvalue weighted by atomic mass is 16.5. The van der Waals surface area contributed by atoms with Crippen molar-refractivity contribution < 1.29 is 14.3 Å². The summed E-state index contributed by atoms with van der Waals surface area (Å²) in [4.78, 5) is 32.6. The molecule has 0 aliphatic heterocycles. The third-order valence-corrected chi connectivity index (χ3v) is 5.22. The zero-order valence-corrected chi connectivity index (χ0v) is 18.4. The summed E-state index contributed by atoms with van der Waals surface area (Å²) in [6.07, 6.45) is 2.98. The molecule has 0 fully saturated rings. The summed E-state index contributed by atoms with van der Waals surface area (Å²) in [5.41, 5.74) is 19.6. The Hall–Kier alpha value is -3.85. The van der Waals surface area contributed by atoms with Gasteiger partial charge in [0.05, 0.1) is 6.04 Å². The number of carbonyl (C=O) groups excluding carboxylic acids is 2. The van der Waals surface area contributed by atoms with E-state index >= 15 is 0 Å². The van der Waals surface area contributed by atoms with Gasteiger partial charge < -0.3 is 32.2 Å². The molecule has 2 aromatic carbocycles. The van der Waals surface area contributed by atoms with Crippen LogP contribution in [0, 0.1) is 0 Å². The van der Waals surface area contributed by atoms with Gasteiger partial charge >= 0.3 is 5.97 Å². The van der Waals surface area contributed by atoms with Gasteiger partial charge in [-0.2, -0.15) is 0 Å². The second-order valence-corrected chi connectivity index (χ2v) is 7.77. The lowest BCUT2D eigenvalue weighted by atomic mass is 10.0. The SMILES string of the molecule is NC(N)=NCCCC(NC(=O)C(N)Cc1c[nH]c2ccccc12)C(=O)OCc1ccccc1. The molecule has 2 atom stereocenters. The van der Waals surface area contributed by atoms with Gasteiger partial charge in [0.25, 0.3) is 0 Å². The van der Waals surface area contributed by atoms with Gasteiger partial charge in [-0.25, -0.2) is 4.79 Å². The largest absolute Gasteiger partial charge is 0.459 e. The van der Waals surface area contributed by atoms with Crippen molar-refractivity contribution in [3.8, 4) is 0 Å². The maximum Gasteiger partial charge on any atom is 0.328 e. The maximum atomic E-state index is 12.8. The molecule has 9 heteroatoms. The van der Waals surface area contributed by atoms with Crippen molar-refractivity contribution in [2.75, 3.05) is 6.54 Å². The fraction of sp³-hybridized carbons (Fsp3) is 0.292. The topological polar surface area (TPSA) is 162 Å². The van der Waals surface area contributed by atoms with E-state index < -0.39 is 24.0 Å². The highest BCUT2D eigenvalue weighted by Gasteiger charge is 2.25. The van der Waals surface area contributed by atoms with Crippen LogP contribution in [0.1, 0.15) is 24.0 Å². The molecule has 174 valence electrons. The first kappa shape index (κ1) is 23.8. The number of aromatic amines is 1. The molecule has 8 N–H and O–H groups in total. The summed E-state index contributed by atoms with van der Waals surface area (Å²) in [6.45, 7) is 0.448. The van der Waals surface area contributed by atoms with Gasteiger partial charge in [-0.05, 0) is 36.5 Å². The molecule has 0 radical (unpaired) electrons. The third kappa shape index (κ3) is 7.08. The number of guanidine groups is 1. The molecule has 0 saturated heterocycles.